The molecule has 170 valence electrons. The van der Waals surface area contributed by atoms with Gasteiger partial charge in [0.15, 0.2) is 0 Å². The second-order valence-corrected chi connectivity index (χ2v) is 9.24. The zero-order valence-corrected chi connectivity index (χ0v) is 19.4. The monoisotopic (exact) mass is 462 g/mol. The number of para-hydroxylation sites is 1. The van der Waals surface area contributed by atoms with E-state index in [0.717, 1.165) is 57.0 Å². The topological polar surface area (TPSA) is 59.9 Å². The summed E-state index contributed by atoms with van der Waals surface area (Å²) in [6.07, 6.45) is 1.01. The molecule has 0 amide bonds. The summed E-state index contributed by atoms with van der Waals surface area (Å²) in [5.41, 5.74) is 3.42. The molecule has 1 fully saturated rings. The lowest BCUT2D eigenvalue weighted by molar-refractivity contribution is 0.0982. The van der Waals surface area contributed by atoms with Gasteiger partial charge in [-0.1, -0.05) is 24.3 Å². The summed E-state index contributed by atoms with van der Waals surface area (Å²) in [5.74, 6) is 1.61. The lowest BCUT2D eigenvalue weighted by atomic mass is 10.1. The Bertz CT molecular complexity index is 1480. The number of aromatic nitrogens is 4. The molecule has 1 saturated heterocycles. The maximum atomic E-state index is 12.7. The molecule has 2 aromatic carbocycles. The van der Waals surface area contributed by atoms with E-state index in [1.165, 1.54) is 11.1 Å². The SMILES string of the molecule is Cn1c(=O)c2ccccc2n2c(=S)n(CN3CCN(Cc4ccc5c(c4)CCO5)CC3)nc12. The fourth-order valence-electron chi connectivity index (χ4n) is 4.91. The zero-order chi connectivity index (χ0) is 22.5. The molecule has 0 N–H and O–H groups in total. The average molecular weight is 463 g/mol. The van der Waals surface area contributed by atoms with Crippen molar-refractivity contribution in [2.24, 2.45) is 7.05 Å². The lowest BCUT2D eigenvalue weighted by Crippen LogP contribution is -2.46. The Balaban J connectivity index is 1.18. The van der Waals surface area contributed by atoms with Crippen LogP contribution in [0.25, 0.3) is 16.7 Å². The minimum Gasteiger partial charge on any atom is -0.493 e. The molecule has 0 unspecified atom stereocenters. The third-order valence-electron chi connectivity index (χ3n) is 6.76. The van der Waals surface area contributed by atoms with Crippen LogP contribution >= 0.6 is 12.2 Å². The molecule has 33 heavy (non-hydrogen) atoms. The standard InChI is InChI=1S/C24H26N6O2S/c1-26-22(31)19-4-2-3-5-20(19)30-23(26)25-29(24(30)33)16-28-11-9-27(10-12-28)15-17-6-7-21-18(14-17)8-13-32-21/h2-7,14H,8-13,15-16H2,1H3. The first-order valence-electron chi connectivity index (χ1n) is 11.3. The quantitative estimate of drug-likeness (QED) is 0.434. The molecule has 0 bridgehead atoms. The van der Waals surface area contributed by atoms with Gasteiger partial charge in [-0.05, 0) is 41.5 Å². The molecule has 8 nitrogen and oxygen atoms in total. The number of ether oxygens (including phenoxy) is 1. The van der Waals surface area contributed by atoms with Gasteiger partial charge in [0.25, 0.3) is 5.56 Å². The van der Waals surface area contributed by atoms with Crippen molar-refractivity contribution in [2.45, 2.75) is 19.6 Å². The van der Waals surface area contributed by atoms with Crippen LogP contribution in [0.4, 0.5) is 0 Å². The lowest BCUT2D eigenvalue weighted by Gasteiger charge is -2.34. The number of aryl methyl sites for hydroxylation is 1. The van der Waals surface area contributed by atoms with Crippen molar-refractivity contribution in [1.82, 2.24) is 28.5 Å². The predicted octanol–water partition coefficient (Wildman–Crippen LogP) is 2.43. The van der Waals surface area contributed by atoms with Crippen molar-refractivity contribution in [2.75, 3.05) is 32.8 Å². The highest BCUT2D eigenvalue weighted by molar-refractivity contribution is 7.71. The molecule has 2 aromatic heterocycles. The highest BCUT2D eigenvalue weighted by atomic mass is 32.1. The Morgan fingerprint density at radius 2 is 1.85 bits per heavy atom. The van der Waals surface area contributed by atoms with Gasteiger partial charge in [-0.25, -0.2) is 4.68 Å². The molecular formula is C24H26N6O2S. The van der Waals surface area contributed by atoms with Crippen molar-refractivity contribution < 1.29 is 4.74 Å². The van der Waals surface area contributed by atoms with E-state index in [1.807, 2.05) is 33.3 Å². The minimum absolute atomic E-state index is 0.0584. The van der Waals surface area contributed by atoms with E-state index >= 15 is 0 Å². The van der Waals surface area contributed by atoms with Gasteiger partial charge in [-0.2, -0.15) is 0 Å². The van der Waals surface area contributed by atoms with Crippen molar-refractivity contribution >= 4 is 28.9 Å². The van der Waals surface area contributed by atoms with Gasteiger partial charge in [0, 0.05) is 46.2 Å². The predicted molar refractivity (Wildman–Crippen MR) is 129 cm³/mol. The molecule has 4 aromatic rings. The Labute approximate surface area is 196 Å². The van der Waals surface area contributed by atoms with Crippen LogP contribution in [-0.4, -0.2) is 61.3 Å². The van der Waals surface area contributed by atoms with E-state index in [0.29, 0.717) is 22.6 Å². The third-order valence-corrected chi connectivity index (χ3v) is 7.15. The van der Waals surface area contributed by atoms with E-state index in [2.05, 4.69) is 28.0 Å². The number of rotatable bonds is 4. The number of piperazine rings is 1. The first kappa shape index (κ1) is 20.6. The summed E-state index contributed by atoms with van der Waals surface area (Å²) >= 11 is 5.78. The molecule has 0 radical (unpaired) electrons. The maximum Gasteiger partial charge on any atom is 0.262 e. The molecule has 2 aliphatic heterocycles. The van der Waals surface area contributed by atoms with Crippen LogP contribution in [0.3, 0.4) is 0 Å². The highest BCUT2D eigenvalue weighted by Gasteiger charge is 2.20. The molecule has 4 heterocycles. The molecule has 0 spiro atoms. The van der Waals surface area contributed by atoms with Crippen molar-refractivity contribution in [1.29, 1.82) is 0 Å². The highest BCUT2D eigenvalue weighted by Crippen LogP contribution is 2.26. The molecule has 9 heteroatoms. The summed E-state index contributed by atoms with van der Waals surface area (Å²) in [6, 6.07) is 14.1. The van der Waals surface area contributed by atoms with Crippen molar-refractivity contribution in [3.63, 3.8) is 0 Å². The summed E-state index contributed by atoms with van der Waals surface area (Å²) < 4.78 is 11.6. The summed E-state index contributed by atoms with van der Waals surface area (Å²) in [4.78, 5) is 17.6. The molecule has 0 aliphatic carbocycles. The largest absolute Gasteiger partial charge is 0.493 e. The normalized spacial score (nSPS) is 17.0. The van der Waals surface area contributed by atoms with Gasteiger partial charge in [0.05, 0.1) is 24.2 Å². The van der Waals surface area contributed by atoms with Gasteiger partial charge >= 0.3 is 0 Å². The number of hydrogen-bond donors (Lipinski definition) is 0. The van der Waals surface area contributed by atoms with E-state index in [1.54, 1.807) is 11.6 Å². The van der Waals surface area contributed by atoms with Crippen LogP contribution in [0.1, 0.15) is 11.1 Å². The Kier molecular flexibility index (Phi) is 5.05. The van der Waals surface area contributed by atoms with Crippen LogP contribution in [-0.2, 0) is 26.7 Å². The number of nitrogens with zero attached hydrogens (tertiary/aromatic N) is 6. The zero-order valence-electron chi connectivity index (χ0n) is 18.6. The van der Waals surface area contributed by atoms with E-state index in [-0.39, 0.29) is 5.56 Å². The first-order valence-corrected chi connectivity index (χ1v) is 11.8. The Morgan fingerprint density at radius 1 is 1.06 bits per heavy atom. The molecule has 0 saturated carbocycles. The van der Waals surface area contributed by atoms with Crippen molar-refractivity contribution in [3.8, 4) is 5.75 Å². The van der Waals surface area contributed by atoms with E-state index in [9.17, 15) is 4.79 Å². The first-order chi connectivity index (χ1) is 16.1. The van der Waals surface area contributed by atoms with Gasteiger partial charge in [0.1, 0.15) is 5.75 Å². The number of hydrogen-bond acceptors (Lipinski definition) is 6. The van der Waals surface area contributed by atoms with Crippen molar-refractivity contribution in [3.05, 3.63) is 68.7 Å². The average Bonchev–Trinajstić information content (AvgIpc) is 3.43. The minimum atomic E-state index is -0.0584. The van der Waals surface area contributed by atoms with E-state index in [4.69, 9.17) is 22.1 Å². The Hall–Kier alpha value is -3.01. The molecule has 2 aliphatic rings. The van der Waals surface area contributed by atoms with Crippen LogP contribution in [0.5, 0.6) is 5.75 Å². The summed E-state index contributed by atoms with van der Waals surface area (Å²) in [5, 5.41) is 5.36. The summed E-state index contributed by atoms with van der Waals surface area (Å²) in [7, 11) is 1.75. The van der Waals surface area contributed by atoms with Crippen LogP contribution < -0.4 is 10.3 Å². The molecule has 6 rings (SSSR count). The second-order valence-electron chi connectivity index (χ2n) is 8.87. The second kappa shape index (κ2) is 8.09. The van der Waals surface area contributed by atoms with Crippen LogP contribution in [0.15, 0.2) is 47.3 Å². The van der Waals surface area contributed by atoms with Gasteiger partial charge in [-0.3, -0.25) is 23.6 Å². The fraction of sp³-hybridized carbons (Fsp3) is 0.375. The fourth-order valence-corrected chi connectivity index (χ4v) is 5.19. The van der Waals surface area contributed by atoms with Gasteiger partial charge < -0.3 is 4.74 Å². The summed E-state index contributed by atoms with van der Waals surface area (Å²) in [6.45, 7) is 6.27. The smallest absolute Gasteiger partial charge is 0.262 e. The van der Waals surface area contributed by atoms with E-state index < -0.39 is 0 Å². The van der Waals surface area contributed by atoms with Crippen LogP contribution in [0.2, 0.25) is 0 Å². The Morgan fingerprint density at radius 3 is 2.70 bits per heavy atom. The third kappa shape index (κ3) is 3.56. The number of fused-ring (bicyclic) bond motifs is 4. The molecular weight excluding hydrogens is 436 g/mol. The van der Waals surface area contributed by atoms with Gasteiger partial charge in [0.2, 0.25) is 10.5 Å². The molecule has 0 atom stereocenters. The van der Waals surface area contributed by atoms with Gasteiger partial charge in [-0.15, -0.1) is 5.10 Å². The maximum absolute atomic E-state index is 12.7. The number of benzene rings is 2. The van der Waals surface area contributed by atoms with Crippen LogP contribution in [0, 0.1) is 4.77 Å².